The molecule has 1 aromatic carbocycles. The number of halogens is 4. The Bertz CT molecular complexity index is 1360. The molecule has 0 radical (unpaired) electrons. The van der Waals surface area contributed by atoms with Gasteiger partial charge in [-0.2, -0.15) is 13.2 Å². The van der Waals surface area contributed by atoms with E-state index in [9.17, 15) is 23.1 Å². The molecule has 3 N–H and O–H groups in total. The number of pyridine rings is 2. The lowest BCUT2D eigenvalue weighted by Gasteiger charge is -2.32. The first-order valence-electron chi connectivity index (χ1n) is 12.3. The molecule has 4 rings (SSSR count). The van der Waals surface area contributed by atoms with E-state index in [0.29, 0.717) is 22.6 Å². The lowest BCUT2D eigenvalue weighted by molar-refractivity contribution is -0.270. The van der Waals surface area contributed by atoms with Crippen LogP contribution in [0.1, 0.15) is 61.1 Å². The van der Waals surface area contributed by atoms with Crippen molar-refractivity contribution in [2.75, 3.05) is 7.11 Å². The van der Waals surface area contributed by atoms with Gasteiger partial charge in [0.1, 0.15) is 5.15 Å². The van der Waals surface area contributed by atoms with Gasteiger partial charge in [-0.1, -0.05) is 11.6 Å². The van der Waals surface area contributed by atoms with Crippen molar-refractivity contribution in [3.05, 3.63) is 70.6 Å². The van der Waals surface area contributed by atoms with Gasteiger partial charge < -0.3 is 20.3 Å². The Hall–Kier alpha value is -3.21. The Balaban J connectivity index is 1.67. The lowest BCUT2D eigenvalue weighted by atomic mass is 9.86. The quantitative estimate of drug-likeness (QED) is 0.232. The van der Waals surface area contributed by atoms with Gasteiger partial charge in [0.15, 0.2) is 17.3 Å². The first-order chi connectivity index (χ1) is 18.2. The standard InChI is InChI=1S/C28H29ClF3N3O4/c1-26(2,33)18-13-20(17-5-9-25(29)34-15-17)35-24(14-18)27(37,28(30,31)32)11-10-21(36)16-4-8-22(23(12-16)38-3)39-19-6-7-19/h4-5,8-9,12-15,19,37H,6-7,10-11,33H2,1-3H3. The van der Waals surface area contributed by atoms with Crippen LogP contribution in [0.25, 0.3) is 11.3 Å². The predicted octanol–water partition coefficient (Wildman–Crippen LogP) is 5.95. The summed E-state index contributed by atoms with van der Waals surface area (Å²) in [6.07, 6.45) is -3.42. The van der Waals surface area contributed by atoms with Crippen LogP contribution in [0, 0.1) is 0 Å². The minimum atomic E-state index is -5.15. The van der Waals surface area contributed by atoms with Gasteiger partial charge in [0.05, 0.1) is 24.6 Å². The smallest absolute Gasteiger partial charge is 0.422 e. The van der Waals surface area contributed by atoms with Crippen LogP contribution >= 0.6 is 11.6 Å². The number of hydrogen-bond acceptors (Lipinski definition) is 7. The molecule has 2 heterocycles. The zero-order chi connectivity index (χ0) is 28.6. The van der Waals surface area contributed by atoms with E-state index >= 15 is 0 Å². The summed E-state index contributed by atoms with van der Waals surface area (Å²) < 4.78 is 54.4. The van der Waals surface area contributed by atoms with Crippen molar-refractivity contribution in [3.63, 3.8) is 0 Å². The number of carbonyl (C=O) groups excluding carboxylic acids is 1. The number of Topliss-reactive ketones (excluding diaryl/α,β-unsaturated/α-hetero) is 1. The molecule has 1 atom stereocenters. The molecule has 1 saturated carbocycles. The van der Waals surface area contributed by atoms with Gasteiger partial charge in [0.2, 0.25) is 5.60 Å². The monoisotopic (exact) mass is 563 g/mol. The van der Waals surface area contributed by atoms with Gasteiger partial charge in [-0.15, -0.1) is 0 Å². The van der Waals surface area contributed by atoms with Crippen molar-refractivity contribution in [1.29, 1.82) is 0 Å². The number of alkyl halides is 3. The third-order valence-corrected chi connectivity index (χ3v) is 6.73. The summed E-state index contributed by atoms with van der Waals surface area (Å²) in [6, 6.07) is 10.1. The number of carbonyl (C=O) groups is 1. The second kappa shape index (κ2) is 10.7. The van der Waals surface area contributed by atoms with Gasteiger partial charge in [-0.25, -0.2) is 9.97 Å². The van der Waals surface area contributed by atoms with E-state index in [1.54, 1.807) is 26.0 Å². The summed E-state index contributed by atoms with van der Waals surface area (Å²) in [5, 5.41) is 11.3. The third kappa shape index (κ3) is 6.51. The molecule has 1 aliphatic rings. The van der Waals surface area contributed by atoms with E-state index in [1.165, 1.54) is 37.6 Å². The fourth-order valence-electron chi connectivity index (χ4n) is 3.95. The molecule has 2 aromatic heterocycles. The summed E-state index contributed by atoms with van der Waals surface area (Å²) in [7, 11) is 1.41. The van der Waals surface area contributed by atoms with Crippen molar-refractivity contribution in [2.45, 2.75) is 63.0 Å². The molecule has 0 bridgehead atoms. The highest BCUT2D eigenvalue weighted by Gasteiger charge is 2.56. The minimum Gasteiger partial charge on any atom is -0.493 e. The maximum atomic E-state index is 14.5. The number of methoxy groups -OCH3 is 1. The molecule has 7 nitrogen and oxygen atoms in total. The highest BCUT2D eigenvalue weighted by atomic mass is 35.5. The summed E-state index contributed by atoms with van der Waals surface area (Å²) in [5.74, 6) is 0.156. The van der Waals surface area contributed by atoms with E-state index in [0.717, 1.165) is 18.9 Å². The Morgan fingerprint density at radius 3 is 2.41 bits per heavy atom. The minimum absolute atomic E-state index is 0.0950. The van der Waals surface area contributed by atoms with Gasteiger partial charge >= 0.3 is 6.18 Å². The fraction of sp³-hybridized carbons (Fsp3) is 0.393. The number of nitrogens with two attached hydrogens (primary N) is 1. The molecule has 0 amide bonds. The zero-order valence-electron chi connectivity index (χ0n) is 21.7. The summed E-state index contributed by atoms with van der Waals surface area (Å²) in [6.45, 7) is 3.24. The van der Waals surface area contributed by atoms with Crippen LogP contribution in [0.3, 0.4) is 0 Å². The summed E-state index contributed by atoms with van der Waals surface area (Å²) in [4.78, 5) is 21.1. The Morgan fingerprint density at radius 2 is 1.85 bits per heavy atom. The number of ketones is 1. The number of ether oxygens (including phenoxy) is 2. The lowest BCUT2D eigenvalue weighted by Crippen LogP contribution is -2.44. The second-order valence-corrected chi connectivity index (χ2v) is 10.6. The number of aliphatic hydroxyl groups is 1. The molecule has 1 fully saturated rings. The Labute approximate surface area is 229 Å². The molecule has 1 unspecified atom stereocenters. The molecule has 0 saturated heterocycles. The number of benzene rings is 1. The molecule has 39 heavy (non-hydrogen) atoms. The Morgan fingerprint density at radius 1 is 1.13 bits per heavy atom. The zero-order valence-corrected chi connectivity index (χ0v) is 22.4. The molecule has 11 heteroatoms. The number of aromatic nitrogens is 2. The van der Waals surface area contributed by atoms with Crippen LogP contribution in [0.5, 0.6) is 11.5 Å². The maximum absolute atomic E-state index is 14.5. The van der Waals surface area contributed by atoms with Crippen molar-refractivity contribution in [3.8, 4) is 22.8 Å². The fourth-order valence-corrected chi connectivity index (χ4v) is 4.06. The van der Waals surface area contributed by atoms with Gasteiger partial charge in [-0.3, -0.25) is 4.79 Å². The number of nitrogens with zero attached hydrogens (tertiary/aromatic N) is 2. The Kier molecular flexibility index (Phi) is 7.93. The SMILES string of the molecule is COc1cc(C(=O)CCC(O)(c2cc(C(C)(C)N)cc(-c3ccc(Cl)nc3)n2)C(F)(F)F)ccc1OC1CC1. The van der Waals surface area contributed by atoms with Gasteiger partial charge in [-0.05, 0) is 81.1 Å². The van der Waals surface area contributed by atoms with Crippen LogP contribution in [0.2, 0.25) is 5.15 Å². The first kappa shape index (κ1) is 28.8. The normalized spacial score (nSPS) is 15.5. The van der Waals surface area contributed by atoms with Crippen molar-refractivity contribution < 1.29 is 32.5 Å². The largest absolute Gasteiger partial charge is 0.493 e. The predicted molar refractivity (Wildman–Crippen MR) is 140 cm³/mol. The van der Waals surface area contributed by atoms with E-state index in [4.69, 9.17) is 26.8 Å². The number of hydrogen-bond donors (Lipinski definition) is 2. The molecule has 0 aliphatic heterocycles. The van der Waals surface area contributed by atoms with Crippen LogP contribution in [-0.4, -0.2) is 40.2 Å². The van der Waals surface area contributed by atoms with E-state index < -0.39 is 41.6 Å². The van der Waals surface area contributed by atoms with Gasteiger partial charge in [0.25, 0.3) is 0 Å². The average molecular weight is 564 g/mol. The van der Waals surface area contributed by atoms with Crippen molar-refractivity contribution >= 4 is 17.4 Å². The third-order valence-electron chi connectivity index (χ3n) is 6.50. The summed E-state index contributed by atoms with van der Waals surface area (Å²) >= 11 is 5.85. The molecule has 3 aromatic rings. The van der Waals surface area contributed by atoms with Crippen LogP contribution in [0.4, 0.5) is 13.2 Å². The molecular formula is C28H29ClF3N3O4. The highest BCUT2D eigenvalue weighted by Crippen LogP contribution is 2.44. The highest BCUT2D eigenvalue weighted by molar-refractivity contribution is 6.29. The second-order valence-electron chi connectivity index (χ2n) is 10.2. The molecule has 1 aliphatic carbocycles. The molecule has 208 valence electrons. The van der Waals surface area contributed by atoms with Crippen LogP contribution in [0.15, 0.2) is 48.7 Å². The van der Waals surface area contributed by atoms with E-state index in [1.807, 2.05) is 0 Å². The van der Waals surface area contributed by atoms with Crippen molar-refractivity contribution in [2.24, 2.45) is 5.73 Å². The first-order valence-corrected chi connectivity index (χ1v) is 12.7. The molecule has 0 spiro atoms. The van der Waals surface area contributed by atoms with Crippen LogP contribution < -0.4 is 15.2 Å². The molecular weight excluding hydrogens is 535 g/mol. The maximum Gasteiger partial charge on any atom is 0.422 e. The van der Waals surface area contributed by atoms with E-state index in [-0.39, 0.29) is 22.5 Å². The average Bonchev–Trinajstić information content (AvgIpc) is 3.70. The van der Waals surface area contributed by atoms with Crippen molar-refractivity contribution in [1.82, 2.24) is 9.97 Å². The van der Waals surface area contributed by atoms with Gasteiger partial charge in [0, 0.05) is 29.3 Å². The summed E-state index contributed by atoms with van der Waals surface area (Å²) in [5.41, 5.74) is 2.00. The number of rotatable bonds is 10. The van der Waals surface area contributed by atoms with E-state index in [2.05, 4.69) is 9.97 Å². The van der Waals surface area contributed by atoms with Crippen LogP contribution in [-0.2, 0) is 11.1 Å². The topological polar surface area (TPSA) is 108 Å².